The Labute approximate surface area is 98.8 Å². The molecule has 0 radical (unpaired) electrons. The van der Waals surface area contributed by atoms with Gasteiger partial charge in [0, 0.05) is 12.0 Å². The Hall–Kier alpha value is -0.560. The fraction of sp³-hybridized carbons (Fsp3) is 0.917. The maximum absolute atomic E-state index is 11.0. The second kappa shape index (κ2) is 5.18. The second-order valence-corrected chi connectivity index (χ2v) is 7.59. The van der Waals surface area contributed by atoms with Crippen molar-refractivity contribution in [2.45, 2.75) is 45.4 Å². The van der Waals surface area contributed by atoms with Gasteiger partial charge < -0.3 is 0 Å². The number of hydrogen-bond acceptors (Lipinski definition) is 3. The van der Waals surface area contributed by atoms with Crippen molar-refractivity contribution in [3.63, 3.8) is 0 Å². The molecule has 16 heavy (non-hydrogen) atoms. The van der Waals surface area contributed by atoms with Gasteiger partial charge in [0.1, 0.15) is 9.84 Å². The van der Waals surface area contributed by atoms with E-state index in [0.29, 0.717) is 12.3 Å². The molecule has 0 N–H and O–H groups in total. The van der Waals surface area contributed by atoms with E-state index in [1.807, 2.05) is 0 Å². The second-order valence-electron chi connectivity index (χ2n) is 5.33. The molecular formula is C12H21NO2S. The Morgan fingerprint density at radius 2 is 2.19 bits per heavy atom. The summed E-state index contributed by atoms with van der Waals surface area (Å²) in [6.07, 6.45) is 6.81. The van der Waals surface area contributed by atoms with E-state index >= 15 is 0 Å². The standard InChI is InChI=1S/C12H21NO2S/c1-11-5-3-6-12(9-11,10-13)7-4-8-16(2,14)15/h11H,3-9H2,1-2H3. The summed E-state index contributed by atoms with van der Waals surface area (Å²) in [5.41, 5.74) is -0.248. The Bertz CT molecular complexity index is 369. The van der Waals surface area contributed by atoms with Gasteiger partial charge in [-0.1, -0.05) is 19.8 Å². The number of nitrogens with zero attached hydrogens (tertiary/aromatic N) is 1. The third-order valence-electron chi connectivity index (χ3n) is 3.50. The highest BCUT2D eigenvalue weighted by atomic mass is 32.2. The highest BCUT2D eigenvalue weighted by molar-refractivity contribution is 7.90. The largest absolute Gasteiger partial charge is 0.229 e. The van der Waals surface area contributed by atoms with Crippen molar-refractivity contribution in [2.75, 3.05) is 12.0 Å². The molecule has 0 aromatic heterocycles. The smallest absolute Gasteiger partial charge is 0.147 e. The van der Waals surface area contributed by atoms with Crippen LogP contribution in [0.1, 0.15) is 45.4 Å². The summed E-state index contributed by atoms with van der Waals surface area (Å²) in [7, 11) is -2.88. The molecule has 0 heterocycles. The lowest BCUT2D eigenvalue weighted by Gasteiger charge is -2.34. The molecule has 4 heteroatoms. The quantitative estimate of drug-likeness (QED) is 0.762. The van der Waals surface area contributed by atoms with E-state index in [9.17, 15) is 13.7 Å². The predicted octanol–water partition coefficient (Wildman–Crippen LogP) is 2.53. The third-order valence-corrected chi connectivity index (χ3v) is 4.53. The van der Waals surface area contributed by atoms with Crippen LogP contribution in [0.2, 0.25) is 0 Å². The van der Waals surface area contributed by atoms with Gasteiger partial charge in [-0.3, -0.25) is 0 Å². The zero-order chi connectivity index (χ0) is 12.2. The summed E-state index contributed by atoms with van der Waals surface area (Å²) in [4.78, 5) is 0. The van der Waals surface area contributed by atoms with Crippen LogP contribution in [0.5, 0.6) is 0 Å². The fourth-order valence-corrected chi connectivity index (χ4v) is 3.39. The Kier molecular flexibility index (Phi) is 4.37. The van der Waals surface area contributed by atoms with Gasteiger partial charge in [-0.25, -0.2) is 8.42 Å². The van der Waals surface area contributed by atoms with Crippen molar-refractivity contribution in [1.29, 1.82) is 5.26 Å². The highest BCUT2D eigenvalue weighted by Crippen LogP contribution is 2.42. The maximum atomic E-state index is 11.0. The molecule has 2 atom stereocenters. The Morgan fingerprint density at radius 1 is 1.50 bits per heavy atom. The molecule has 0 amide bonds. The predicted molar refractivity (Wildman–Crippen MR) is 64.6 cm³/mol. The Morgan fingerprint density at radius 3 is 2.69 bits per heavy atom. The fourth-order valence-electron chi connectivity index (χ4n) is 2.72. The number of sulfone groups is 1. The highest BCUT2D eigenvalue weighted by Gasteiger charge is 2.34. The van der Waals surface area contributed by atoms with Gasteiger partial charge in [-0.15, -0.1) is 0 Å². The minimum absolute atomic E-state index is 0.213. The molecule has 0 saturated heterocycles. The normalized spacial score (nSPS) is 30.9. The van der Waals surface area contributed by atoms with E-state index in [2.05, 4.69) is 13.0 Å². The molecule has 0 aromatic carbocycles. The van der Waals surface area contributed by atoms with Gasteiger partial charge in [0.15, 0.2) is 0 Å². The molecule has 1 aliphatic rings. The van der Waals surface area contributed by atoms with Crippen LogP contribution in [0.4, 0.5) is 0 Å². The molecule has 0 bridgehead atoms. The molecule has 2 unspecified atom stereocenters. The van der Waals surface area contributed by atoms with Crippen LogP contribution in [-0.4, -0.2) is 20.4 Å². The van der Waals surface area contributed by atoms with Crippen molar-refractivity contribution < 1.29 is 8.42 Å². The first-order valence-electron chi connectivity index (χ1n) is 5.96. The zero-order valence-corrected chi connectivity index (χ0v) is 11.0. The van der Waals surface area contributed by atoms with Crippen LogP contribution >= 0.6 is 0 Å². The number of hydrogen-bond donors (Lipinski definition) is 0. The summed E-state index contributed by atoms with van der Waals surface area (Å²) >= 11 is 0. The molecule has 1 aliphatic carbocycles. The number of rotatable bonds is 4. The van der Waals surface area contributed by atoms with Crippen molar-refractivity contribution in [3.8, 4) is 6.07 Å². The van der Waals surface area contributed by atoms with Gasteiger partial charge >= 0.3 is 0 Å². The first-order chi connectivity index (χ1) is 7.37. The summed E-state index contributed by atoms with van der Waals surface area (Å²) in [5, 5.41) is 9.29. The summed E-state index contributed by atoms with van der Waals surface area (Å²) < 4.78 is 22.1. The van der Waals surface area contributed by atoms with Crippen LogP contribution in [0.25, 0.3) is 0 Å². The molecule has 92 valence electrons. The van der Waals surface area contributed by atoms with E-state index in [1.54, 1.807) is 0 Å². The molecule has 1 saturated carbocycles. The SMILES string of the molecule is CC1CCCC(C#N)(CCCS(C)(=O)=O)C1. The van der Waals surface area contributed by atoms with E-state index in [4.69, 9.17) is 0 Å². The lowest BCUT2D eigenvalue weighted by atomic mass is 9.69. The van der Waals surface area contributed by atoms with Gasteiger partial charge in [0.05, 0.1) is 11.5 Å². The average Bonchev–Trinajstić information content (AvgIpc) is 2.16. The molecule has 3 nitrogen and oxygen atoms in total. The Balaban J connectivity index is 2.51. The van der Waals surface area contributed by atoms with E-state index in [1.165, 1.54) is 12.7 Å². The molecule has 0 spiro atoms. The molecular weight excluding hydrogens is 222 g/mol. The van der Waals surface area contributed by atoms with Crippen molar-refractivity contribution in [1.82, 2.24) is 0 Å². The van der Waals surface area contributed by atoms with Gasteiger partial charge in [0.2, 0.25) is 0 Å². The number of nitriles is 1. The first-order valence-corrected chi connectivity index (χ1v) is 8.02. The third kappa shape index (κ3) is 4.13. The molecule has 0 aromatic rings. The minimum atomic E-state index is -2.88. The van der Waals surface area contributed by atoms with Crippen LogP contribution in [0.15, 0.2) is 0 Å². The lowest BCUT2D eigenvalue weighted by Crippen LogP contribution is -2.27. The van der Waals surface area contributed by atoms with Gasteiger partial charge in [-0.2, -0.15) is 5.26 Å². The summed E-state index contributed by atoms with van der Waals surface area (Å²) in [6, 6.07) is 2.44. The zero-order valence-electron chi connectivity index (χ0n) is 10.2. The molecule has 1 rings (SSSR count). The topological polar surface area (TPSA) is 57.9 Å². The van der Waals surface area contributed by atoms with Crippen molar-refractivity contribution in [2.24, 2.45) is 11.3 Å². The molecule has 1 fully saturated rings. The van der Waals surface area contributed by atoms with Crippen molar-refractivity contribution >= 4 is 9.84 Å². The summed E-state index contributed by atoms with van der Waals surface area (Å²) in [5.74, 6) is 0.816. The van der Waals surface area contributed by atoms with Crippen molar-refractivity contribution in [3.05, 3.63) is 0 Å². The van der Waals surface area contributed by atoms with E-state index < -0.39 is 9.84 Å². The lowest BCUT2D eigenvalue weighted by molar-refractivity contribution is 0.196. The van der Waals surface area contributed by atoms with E-state index in [-0.39, 0.29) is 11.2 Å². The van der Waals surface area contributed by atoms with Crippen LogP contribution in [0, 0.1) is 22.7 Å². The van der Waals surface area contributed by atoms with Crippen LogP contribution in [0.3, 0.4) is 0 Å². The minimum Gasteiger partial charge on any atom is -0.229 e. The molecule has 0 aliphatic heterocycles. The van der Waals surface area contributed by atoms with Gasteiger partial charge in [0.25, 0.3) is 0 Å². The maximum Gasteiger partial charge on any atom is 0.147 e. The van der Waals surface area contributed by atoms with Crippen LogP contribution in [-0.2, 0) is 9.84 Å². The summed E-state index contributed by atoms with van der Waals surface area (Å²) in [6.45, 7) is 2.18. The van der Waals surface area contributed by atoms with Gasteiger partial charge in [-0.05, 0) is 31.6 Å². The first kappa shape index (κ1) is 13.5. The monoisotopic (exact) mass is 243 g/mol. The van der Waals surface area contributed by atoms with E-state index in [0.717, 1.165) is 25.7 Å². The van der Waals surface area contributed by atoms with Crippen LogP contribution < -0.4 is 0 Å². The average molecular weight is 243 g/mol.